The third kappa shape index (κ3) is 35.8. The molecule has 106 heavy (non-hydrogen) atoms. The third-order valence-electron chi connectivity index (χ3n) is 14.0. The van der Waals surface area contributed by atoms with Crippen molar-refractivity contribution in [1.29, 1.82) is 0 Å². The standard InChI is InChI=1S/C66H96F4N10O24S2/c1-47(59(83)79-63(71)72)45-65(69)15-3-5-53(67)57(65)103-49-7-11-51(12-8-49)105(87,88)77-19-23-93-27-31-97-35-39-101-43-41-99-37-33-95-29-25-91-21-17-75-61(85)55(81)56(82)62(86)76-18-22-92-26-30-96-34-38-100-42-44-102-40-36-98-32-28-94-24-20-78-106(89,90)52-13-9-50(10-14-52)104-58-54(68)6-4-16-66(58,70)46-48(2)60(84)80-64(73)74/h3-16,45-46,55-58,77-78,81-82H,17-44H2,1-2H3,(H,75,85)(H,76,86)(H4,71,72,79,83)(H4,73,74,80,84)/b47-45+,48-46+. The second-order valence-corrected chi connectivity index (χ2v) is 25.9. The number of guanidine groups is 2. The summed E-state index contributed by atoms with van der Waals surface area (Å²) in [5.74, 6) is -6.96. The molecule has 0 spiro atoms. The fourth-order valence-corrected chi connectivity index (χ4v) is 10.8. The number of carbonyl (C=O) groups is 4. The van der Waals surface area contributed by atoms with Gasteiger partial charge >= 0.3 is 0 Å². The zero-order valence-corrected chi connectivity index (χ0v) is 60.4. The number of hydrogen-bond acceptors (Lipinski definition) is 24. The molecule has 4 amide bonds. The summed E-state index contributed by atoms with van der Waals surface area (Å²) in [6, 6.07) is 9.70. The third-order valence-corrected chi connectivity index (χ3v) is 17.0. The number of halogens is 4. The van der Waals surface area contributed by atoms with Gasteiger partial charge in [0.2, 0.25) is 20.0 Å². The Hall–Kier alpha value is -7.72. The average molecular weight is 1550 g/mol. The first-order valence-electron chi connectivity index (χ1n) is 33.2. The van der Waals surface area contributed by atoms with E-state index in [4.69, 9.17) is 89.3 Å². The number of nitrogens with two attached hydrogens (primary N) is 4. The molecule has 594 valence electrons. The Bertz CT molecular complexity index is 3270. The lowest BCUT2D eigenvalue weighted by molar-refractivity contribution is -0.146. The van der Waals surface area contributed by atoms with Gasteiger partial charge in [0, 0.05) is 37.3 Å². The Labute approximate surface area is 611 Å². The number of alkyl halides is 2. The van der Waals surface area contributed by atoms with E-state index >= 15 is 8.78 Å². The first-order chi connectivity index (χ1) is 50.7. The van der Waals surface area contributed by atoms with Crippen LogP contribution in [0, 0.1) is 0 Å². The number of amides is 4. The highest BCUT2D eigenvalue weighted by Gasteiger charge is 2.44. The van der Waals surface area contributed by atoms with E-state index in [2.05, 4.69) is 30.1 Å². The van der Waals surface area contributed by atoms with E-state index in [1.807, 2.05) is 0 Å². The Morgan fingerprint density at radius 1 is 0.443 bits per heavy atom. The van der Waals surface area contributed by atoms with Crippen LogP contribution in [-0.4, -0.2) is 283 Å². The molecular formula is C66H96F4N10O24S2. The summed E-state index contributed by atoms with van der Waals surface area (Å²) in [7, 11) is -7.97. The average Bonchev–Trinajstić information content (AvgIpc) is 0.796. The number of ether oxygens (including phenoxy) is 14. The molecule has 0 aliphatic heterocycles. The highest BCUT2D eigenvalue weighted by Crippen LogP contribution is 2.36. The predicted octanol–water partition coefficient (Wildman–Crippen LogP) is -0.653. The molecule has 34 nitrogen and oxygen atoms in total. The second kappa shape index (κ2) is 50.0. The number of hydrogen-bond donors (Lipinski definition) is 10. The van der Waals surface area contributed by atoms with Crippen LogP contribution in [0.1, 0.15) is 13.8 Å². The molecule has 0 fully saturated rings. The Kier molecular flexibility index (Phi) is 42.8. The van der Waals surface area contributed by atoms with Crippen LogP contribution in [0.15, 0.2) is 140 Å². The molecular weight excluding hydrogens is 1460 g/mol. The van der Waals surface area contributed by atoms with Crippen molar-refractivity contribution < 1.29 is 130 Å². The monoisotopic (exact) mass is 1550 g/mol. The molecule has 40 heteroatoms. The fourth-order valence-electron chi connectivity index (χ4n) is 8.81. The van der Waals surface area contributed by atoms with Gasteiger partial charge in [-0.2, -0.15) is 9.98 Å². The van der Waals surface area contributed by atoms with Crippen LogP contribution in [-0.2, 0) is 96.1 Å². The number of aliphatic hydroxyl groups excluding tert-OH is 2. The molecule has 0 radical (unpaired) electrons. The molecule has 2 aromatic carbocycles. The van der Waals surface area contributed by atoms with Crippen molar-refractivity contribution in [2.24, 2.45) is 32.9 Å². The first-order valence-corrected chi connectivity index (χ1v) is 36.2. The van der Waals surface area contributed by atoms with Gasteiger partial charge in [0.05, 0.1) is 168 Å². The van der Waals surface area contributed by atoms with Gasteiger partial charge in [-0.3, -0.25) is 19.2 Å². The maximum absolute atomic E-state index is 16.0. The van der Waals surface area contributed by atoms with Gasteiger partial charge in [-0.05, 0) is 98.8 Å². The molecule has 0 heterocycles. The van der Waals surface area contributed by atoms with Crippen molar-refractivity contribution in [3.63, 3.8) is 0 Å². The van der Waals surface area contributed by atoms with E-state index in [0.717, 1.165) is 48.6 Å². The van der Waals surface area contributed by atoms with Crippen molar-refractivity contribution in [3.05, 3.63) is 120 Å². The number of benzene rings is 2. The van der Waals surface area contributed by atoms with Gasteiger partial charge in [0.25, 0.3) is 23.6 Å². The highest BCUT2D eigenvalue weighted by atomic mass is 32.2. The van der Waals surface area contributed by atoms with Crippen LogP contribution in [0.5, 0.6) is 11.5 Å². The van der Waals surface area contributed by atoms with Crippen molar-refractivity contribution >= 4 is 55.6 Å². The Balaban J connectivity index is 0.850. The van der Waals surface area contributed by atoms with Crippen LogP contribution in [0.3, 0.4) is 0 Å². The lowest BCUT2D eigenvalue weighted by Gasteiger charge is -2.30. The van der Waals surface area contributed by atoms with Crippen LogP contribution in [0.2, 0.25) is 0 Å². The number of allylic oxidation sites excluding steroid dienone is 4. The Morgan fingerprint density at radius 2 is 0.689 bits per heavy atom. The topological polar surface area (TPSA) is 483 Å². The van der Waals surface area contributed by atoms with Gasteiger partial charge in [-0.25, -0.2) is 43.8 Å². The first kappa shape index (κ1) is 90.7. The van der Waals surface area contributed by atoms with Crippen LogP contribution < -0.4 is 52.5 Å². The molecule has 4 rings (SSSR count). The highest BCUT2D eigenvalue weighted by molar-refractivity contribution is 7.89. The smallest absolute Gasteiger partial charge is 0.275 e. The molecule has 0 aromatic heterocycles. The van der Waals surface area contributed by atoms with E-state index in [0.29, 0.717) is 52.9 Å². The van der Waals surface area contributed by atoms with Crippen LogP contribution >= 0.6 is 0 Å². The number of sulfonamides is 2. The maximum atomic E-state index is 16.0. The second-order valence-electron chi connectivity index (χ2n) is 22.4. The summed E-state index contributed by atoms with van der Waals surface area (Å²) in [6.45, 7) is 7.74. The summed E-state index contributed by atoms with van der Waals surface area (Å²) >= 11 is 0. The minimum Gasteiger partial charge on any atom is -0.479 e. The summed E-state index contributed by atoms with van der Waals surface area (Å²) in [5, 5.41) is 25.0. The van der Waals surface area contributed by atoms with Gasteiger partial charge in [-0.1, -0.05) is 12.2 Å². The van der Waals surface area contributed by atoms with E-state index < -0.39 is 103 Å². The number of aliphatic hydroxyl groups is 2. The minimum atomic E-state index is -3.98. The van der Waals surface area contributed by atoms with E-state index in [-0.39, 0.29) is 164 Å². The molecule has 0 saturated heterocycles. The van der Waals surface area contributed by atoms with Crippen molar-refractivity contribution in [2.75, 3.05) is 185 Å². The predicted molar refractivity (Wildman–Crippen MR) is 373 cm³/mol. The van der Waals surface area contributed by atoms with E-state index in [9.17, 15) is 55.0 Å². The SMILES string of the molecule is C/C(=C\C1(F)C=CC=C(F)C1Oc1ccc(S(=O)(=O)NCCOCCOCCOCCOCCOCCOCCNC(=O)C(O)C(O)C(=O)NCCOCCOCCOCCOCCOCCOCCNS(=O)(=O)c2ccc(OC3C(F)=CC=CC3(F)/C=C(\C)C(=O)N=C(N)N)cc2)cc1)C(=O)N=C(N)N. The maximum Gasteiger partial charge on any atom is 0.275 e. The number of aliphatic imine (C=N–C) groups is 2. The molecule has 6 unspecified atom stereocenters. The quantitative estimate of drug-likeness (QED) is 0.0129. The van der Waals surface area contributed by atoms with Crippen LogP contribution in [0.4, 0.5) is 17.6 Å². The molecule has 0 saturated carbocycles. The fraction of sp³-hybridized carbons (Fsp3) is 0.545. The normalized spacial score (nSPS) is 18.1. The van der Waals surface area contributed by atoms with Crippen molar-refractivity contribution in [3.8, 4) is 11.5 Å². The van der Waals surface area contributed by atoms with E-state index in [1.165, 1.54) is 62.4 Å². The lowest BCUT2D eigenvalue weighted by Crippen LogP contribution is -2.50. The molecule has 2 aliphatic carbocycles. The van der Waals surface area contributed by atoms with Crippen molar-refractivity contribution in [2.45, 2.75) is 59.4 Å². The van der Waals surface area contributed by atoms with Gasteiger partial charge in [0.15, 0.2) is 47.7 Å². The van der Waals surface area contributed by atoms with Gasteiger partial charge in [-0.15, -0.1) is 0 Å². The summed E-state index contributed by atoms with van der Waals surface area (Å²) in [6.07, 6.45) is 0.126. The van der Waals surface area contributed by atoms with Crippen molar-refractivity contribution in [1.82, 2.24) is 20.1 Å². The molecule has 14 N–H and O–H groups in total. The largest absolute Gasteiger partial charge is 0.479 e. The molecule has 6 atom stereocenters. The molecule has 2 aromatic rings. The number of nitrogens with zero attached hydrogens (tertiary/aromatic N) is 2. The molecule has 0 bridgehead atoms. The minimum absolute atomic E-state index is 0.0132. The Morgan fingerprint density at radius 3 is 0.943 bits per heavy atom. The summed E-state index contributed by atoms with van der Waals surface area (Å²) in [4.78, 5) is 55.2. The number of nitrogens with one attached hydrogen (secondary N) is 4. The summed E-state index contributed by atoms with van der Waals surface area (Å²) in [5.41, 5.74) is 15.2. The van der Waals surface area contributed by atoms with Crippen LogP contribution in [0.25, 0.3) is 0 Å². The molecule has 2 aliphatic rings. The zero-order chi connectivity index (χ0) is 77.6. The lowest BCUT2D eigenvalue weighted by atomic mass is 9.90. The summed E-state index contributed by atoms with van der Waals surface area (Å²) < 4.78 is 194. The zero-order valence-electron chi connectivity index (χ0n) is 58.8. The van der Waals surface area contributed by atoms with E-state index in [1.54, 1.807) is 0 Å². The van der Waals surface area contributed by atoms with Gasteiger partial charge < -0.3 is 110 Å². The van der Waals surface area contributed by atoms with Gasteiger partial charge in [0.1, 0.15) is 23.2 Å². The number of rotatable bonds is 57. The number of carbonyl (C=O) groups excluding carboxylic acids is 4.